The lowest BCUT2D eigenvalue weighted by molar-refractivity contribution is 0.414. The van der Waals surface area contributed by atoms with Gasteiger partial charge < -0.3 is 15.8 Å². The predicted molar refractivity (Wildman–Crippen MR) is 133 cm³/mol. The second-order valence-electron chi connectivity index (χ2n) is 7.49. The first-order valence-corrected chi connectivity index (χ1v) is 10.9. The number of hydrogen-bond donors (Lipinski definition) is 2. The van der Waals surface area contributed by atoms with Crippen LogP contribution in [0.5, 0.6) is 5.75 Å². The van der Waals surface area contributed by atoms with E-state index < -0.39 is 5.56 Å². The maximum atomic E-state index is 13.3. The van der Waals surface area contributed by atoms with Crippen LogP contribution in [0.25, 0.3) is 22.4 Å². The molecule has 2 aromatic carbocycles. The van der Waals surface area contributed by atoms with Gasteiger partial charge in [-0.1, -0.05) is 42.3 Å². The van der Waals surface area contributed by atoms with Crippen LogP contribution in [-0.4, -0.2) is 26.6 Å². The van der Waals surface area contributed by atoms with Gasteiger partial charge in [0.25, 0.3) is 5.56 Å². The molecule has 2 heterocycles. The van der Waals surface area contributed by atoms with E-state index in [9.17, 15) is 4.79 Å². The normalized spacial score (nSPS) is 11.1. The number of hydrogen-bond acceptors (Lipinski definition) is 7. The number of benzene rings is 2. The number of nitrogen functional groups attached to an aromatic ring is 1. The number of aromatic nitrogens is 4. The van der Waals surface area contributed by atoms with E-state index in [1.165, 1.54) is 17.9 Å². The number of nitrogens with zero attached hydrogens (tertiary/aromatic N) is 4. The van der Waals surface area contributed by atoms with Gasteiger partial charge in [0.2, 0.25) is 5.95 Å². The Morgan fingerprint density at radius 2 is 1.97 bits per heavy atom. The zero-order valence-corrected chi connectivity index (χ0v) is 20.0. The molecule has 0 unspecified atom stereocenters. The molecule has 0 atom stereocenters. The molecule has 0 saturated heterocycles. The highest BCUT2D eigenvalue weighted by atomic mass is 35.5. The topological polar surface area (TPSA) is 108 Å². The summed E-state index contributed by atoms with van der Waals surface area (Å²) in [6, 6.07) is 7.34. The fourth-order valence-electron chi connectivity index (χ4n) is 3.59. The van der Waals surface area contributed by atoms with Crippen LogP contribution >= 0.6 is 23.2 Å². The summed E-state index contributed by atoms with van der Waals surface area (Å²) in [4.78, 5) is 26.7. The summed E-state index contributed by atoms with van der Waals surface area (Å²) in [6.07, 6.45) is 2.16. The first kappa shape index (κ1) is 22.8. The van der Waals surface area contributed by atoms with Crippen LogP contribution in [0.4, 0.5) is 17.3 Å². The van der Waals surface area contributed by atoms with Crippen molar-refractivity contribution >= 4 is 51.7 Å². The summed E-state index contributed by atoms with van der Waals surface area (Å²) >= 11 is 13.2. The van der Waals surface area contributed by atoms with Gasteiger partial charge in [0.15, 0.2) is 5.65 Å². The summed E-state index contributed by atoms with van der Waals surface area (Å²) in [6.45, 7) is 3.88. The van der Waals surface area contributed by atoms with E-state index in [1.54, 1.807) is 19.2 Å². The first-order chi connectivity index (χ1) is 15.8. The molecule has 0 radical (unpaired) electrons. The molecule has 10 heteroatoms. The van der Waals surface area contributed by atoms with E-state index in [-0.39, 0.29) is 10.7 Å². The van der Waals surface area contributed by atoms with Gasteiger partial charge in [0.1, 0.15) is 17.0 Å². The lowest BCUT2D eigenvalue weighted by Crippen LogP contribution is -2.22. The van der Waals surface area contributed by atoms with Crippen molar-refractivity contribution in [2.45, 2.75) is 20.3 Å². The summed E-state index contributed by atoms with van der Waals surface area (Å²) in [5, 5.41) is 3.71. The number of halogens is 2. The van der Waals surface area contributed by atoms with Crippen LogP contribution in [0.2, 0.25) is 10.0 Å². The highest BCUT2D eigenvalue weighted by Gasteiger charge is 2.23. The van der Waals surface area contributed by atoms with Crippen LogP contribution in [0, 0.1) is 6.92 Å². The lowest BCUT2D eigenvalue weighted by atomic mass is 10.0. The first-order valence-electron chi connectivity index (χ1n) is 10.2. The minimum Gasteiger partial charge on any atom is -0.495 e. The van der Waals surface area contributed by atoms with Crippen molar-refractivity contribution in [2.24, 2.45) is 7.05 Å². The average molecular weight is 485 g/mol. The molecule has 0 spiro atoms. The van der Waals surface area contributed by atoms with Gasteiger partial charge in [-0.15, -0.1) is 0 Å². The van der Waals surface area contributed by atoms with E-state index in [1.807, 2.05) is 26.0 Å². The van der Waals surface area contributed by atoms with E-state index >= 15 is 0 Å². The van der Waals surface area contributed by atoms with Gasteiger partial charge >= 0.3 is 0 Å². The molecule has 0 amide bonds. The smallest absolute Gasteiger partial charge is 0.278 e. The van der Waals surface area contributed by atoms with Gasteiger partial charge in [0.05, 0.1) is 34.7 Å². The number of nitrogens with one attached hydrogen (secondary N) is 1. The minimum atomic E-state index is -0.401. The molecular formula is C23H22Cl2N6O2. The van der Waals surface area contributed by atoms with Crippen LogP contribution in [0.3, 0.4) is 0 Å². The molecule has 170 valence electrons. The van der Waals surface area contributed by atoms with Crippen LogP contribution in [0.15, 0.2) is 35.3 Å². The predicted octanol–water partition coefficient (Wildman–Crippen LogP) is 4.90. The lowest BCUT2D eigenvalue weighted by Gasteiger charge is -2.15. The van der Waals surface area contributed by atoms with Crippen LogP contribution < -0.4 is 21.3 Å². The second-order valence-corrected chi connectivity index (χ2v) is 8.24. The fourth-order valence-corrected chi connectivity index (χ4v) is 4.33. The number of aryl methyl sites for hydroxylation is 3. The highest BCUT2D eigenvalue weighted by Crippen LogP contribution is 2.41. The standard InChI is InChI=1S/C23H22Cl2N6O2/c1-5-12-9-15(33-4)18(25)16(17(12)24)20-22(32)31(3)21-14(28-20)10-27-23(30-21)29-19-11(2)7-6-8-13(19)26/h6-10H,5,26H2,1-4H3,(H,27,29,30). The number of nitrogens with two attached hydrogens (primary N) is 1. The van der Waals surface area contributed by atoms with Crippen LogP contribution in [0.1, 0.15) is 18.1 Å². The Morgan fingerprint density at radius 3 is 2.64 bits per heavy atom. The molecule has 33 heavy (non-hydrogen) atoms. The summed E-state index contributed by atoms with van der Waals surface area (Å²) in [5.41, 5.74) is 9.85. The van der Waals surface area contributed by atoms with Crippen molar-refractivity contribution in [3.63, 3.8) is 0 Å². The van der Waals surface area contributed by atoms with Crippen molar-refractivity contribution in [1.29, 1.82) is 0 Å². The van der Waals surface area contributed by atoms with Gasteiger partial charge in [-0.2, -0.15) is 4.98 Å². The molecule has 0 aliphatic heterocycles. The molecule has 0 bridgehead atoms. The SMILES string of the molecule is CCc1cc(OC)c(Cl)c(-c2nc3cnc(Nc4c(C)cccc4N)nc3n(C)c2=O)c1Cl. The molecule has 0 aliphatic rings. The molecule has 4 rings (SSSR count). The Kier molecular flexibility index (Phi) is 6.14. The Morgan fingerprint density at radius 1 is 1.21 bits per heavy atom. The maximum Gasteiger partial charge on any atom is 0.278 e. The number of anilines is 3. The molecule has 0 fully saturated rings. The van der Waals surface area contributed by atoms with Crippen molar-refractivity contribution in [1.82, 2.24) is 19.5 Å². The molecule has 4 aromatic rings. The quantitative estimate of drug-likeness (QED) is 0.387. The molecule has 8 nitrogen and oxygen atoms in total. The van der Waals surface area contributed by atoms with Gasteiger partial charge in [-0.05, 0) is 36.6 Å². The highest BCUT2D eigenvalue weighted by molar-refractivity contribution is 6.40. The van der Waals surface area contributed by atoms with Crippen LogP contribution in [-0.2, 0) is 13.5 Å². The molecule has 0 saturated carbocycles. The molecule has 2 aromatic heterocycles. The summed E-state index contributed by atoms with van der Waals surface area (Å²) in [5.74, 6) is 0.710. The third-order valence-electron chi connectivity index (χ3n) is 5.43. The van der Waals surface area contributed by atoms with Gasteiger partial charge in [-0.3, -0.25) is 9.36 Å². The third kappa shape index (κ3) is 3.96. The second kappa shape index (κ2) is 8.88. The van der Waals surface area contributed by atoms with Gasteiger partial charge in [-0.25, -0.2) is 9.97 Å². The minimum absolute atomic E-state index is 0.0982. The monoisotopic (exact) mass is 484 g/mol. The van der Waals surface area contributed by atoms with E-state index in [4.69, 9.17) is 33.7 Å². The van der Waals surface area contributed by atoms with Crippen molar-refractivity contribution < 1.29 is 4.74 Å². The summed E-state index contributed by atoms with van der Waals surface area (Å²) in [7, 11) is 3.12. The van der Waals surface area contributed by atoms with Crippen molar-refractivity contribution in [3.8, 4) is 17.0 Å². The Bertz CT molecular complexity index is 1400. The molecule has 0 aliphatic carbocycles. The Balaban J connectivity index is 1.89. The Hall–Kier alpha value is -3.36. The zero-order chi connectivity index (χ0) is 23.9. The number of ether oxygens (including phenoxy) is 1. The van der Waals surface area contributed by atoms with Gasteiger partial charge in [0, 0.05) is 12.6 Å². The summed E-state index contributed by atoms with van der Waals surface area (Å²) < 4.78 is 6.78. The molecular weight excluding hydrogens is 463 g/mol. The zero-order valence-electron chi connectivity index (χ0n) is 18.5. The van der Waals surface area contributed by atoms with Crippen molar-refractivity contribution in [3.05, 3.63) is 62.0 Å². The number of rotatable bonds is 5. The van der Waals surface area contributed by atoms with E-state index in [0.717, 1.165) is 11.1 Å². The molecule has 3 N–H and O–H groups in total. The maximum absolute atomic E-state index is 13.3. The van der Waals surface area contributed by atoms with E-state index in [2.05, 4.69) is 20.3 Å². The van der Waals surface area contributed by atoms with Crippen molar-refractivity contribution in [2.75, 3.05) is 18.2 Å². The fraction of sp³-hybridized carbons (Fsp3) is 0.217. The number of methoxy groups -OCH3 is 1. The Labute approximate surface area is 200 Å². The largest absolute Gasteiger partial charge is 0.495 e. The third-order valence-corrected chi connectivity index (χ3v) is 6.24. The number of para-hydroxylation sites is 1. The number of fused-ring (bicyclic) bond motifs is 1. The average Bonchev–Trinajstić information content (AvgIpc) is 2.80. The van der Waals surface area contributed by atoms with E-state index in [0.29, 0.717) is 51.2 Å².